The van der Waals surface area contributed by atoms with Gasteiger partial charge in [-0.1, -0.05) is 67.0 Å². The van der Waals surface area contributed by atoms with E-state index in [1.807, 2.05) is 96.7 Å². The smallest absolute Gasteiger partial charge is 0.182 e. The standard InChI is InChI=1S/C33H46N2O3.BrH/c1-10-12-23-19-35(31(34)26(23)16-22-13-11-14-25(15-22)38-21(2)3)20-29(36)24-17-27(32(4,5)6)30(37)28(18-24)33(7,8)9;/h11,13-18,21,23,34,37H,10,12,19-20H2,1-9H3;1H/b26-16+,34-31?;. The van der Waals surface area contributed by atoms with Crippen LogP contribution in [-0.2, 0) is 10.8 Å². The number of rotatable bonds is 8. The number of ether oxygens (including phenoxy) is 1. The van der Waals surface area contributed by atoms with Gasteiger partial charge in [-0.15, -0.1) is 17.0 Å². The van der Waals surface area contributed by atoms with Crippen LogP contribution in [0.1, 0.15) is 102 Å². The minimum Gasteiger partial charge on any atom is -0.507 e. The second-order valence-electron chi connectivity index (χ2n) is 12.9. The molecule has 1 heterocycles. The molecule has 1 aliphatic rings. The molecule has 2 N–H and O–H groups in total. The van der Waals surface area contributed by atoms with Gasteiger partial charge in [0.05, 0.1) is 12.6 Å². The molecule has 1 fully saturated rings. The van der Waals surface area contributed by atoms with Gasteiger partial charge in [0.1, 0.15) is 17.3 Å². The monoisotopic (exact) mass is 598 g/mol. The Bertz CT molecular complexity index is 1180. The predicted octanol–water partition coefficient (Wildman–Crippen LogP) is 8.33. The van der Waals surface area contributed by atoms with E-state index in [0.29, 0.717) is 17.9 Å². The second-order valence-corrected chi connectivity index (χ2v) is 12.9. The molecule has 5 nitrogen and oxygen atoms in total. The van der Waals surface area contributed by atoms with Gasteiger partial charge in [-0.3, -0.25) is 10.2 Å². The molecule has 1 aliphatic heterocycles. The lowest BCUT2D eigenvalue weighted by atomic mass is 9.78. The number of carbonyl (C=O) groups excluding carboxylic acids is 1. The summed E-state index contributed by atoms with van der Waals surface area (Å²) in [5.41, 5.74) is 3.50. The summed E-state index contributed by atoms with van der Waals surface area (Å²) in [5.74, 6) is 1.67. The molecule has 2 aromatic rings. The third kappa shape index (κ3) is 7.97. The van der Waals surface area contributed by atoms with Crippen LogP contribution in [-0.4, -0.2) is 40.8 Å². The summed E-state index contributed by atoms with van der Waals surface area (Å²) in [4.78, 5) is 15.5. The van der Waals surface area contributed by atoms with Crippen LogP contribution in [0.2, 0.25) is 0 Å². The largest absolute Gasteiger partial charge is 0.507 e. The van der Waals surface area contributed by atoms with Crippen molar-refractivity contribution in [2.24, 2.45) is 5.92 Å². The Morgan fingerprint density at radius 2 is 1.69 bits per heavy atom. The molecule has 1 unspecified atom stereocenters. The number of hydrogen-bond acceptors (Lipinski definition) is 4. The minimum atomic E-state index is -0.309. The van der Waals surface area contributed by atoms with Crippen LogP contribution in [0.25, 0.3) is 6.08 Å². The van der Waals surface area contributed by atoms with Gasteiger partial charge in [-0.2, -0.15) is 0 Å². The number of likely N-dealkylation sites (tertiary alicyclic amines) is 1. The van der Waals surface area contributed by atoms with Crippen LogP contribution in [0, 0.1) is 11.3 Å². The number of ketones is 1. The van der Waals surface area contributed by atoms with E-state index in [-0.39, 0.29) is 57.9 Å². The van der Waals surface area contributed by atoms with Gasteiger partial charge in [0.2, 0.25) is 0 Å². The second kappa shape index (κ2) is 12.7. The molecule has 0 saturated carbocycles. The van der Waals surface area contributed by atoms with Gasteiger partial charge in [0.15, 0.2) is 5.78 Å². The van der Waals surface area contributed by atoms with Crippen molar-refractivity contribution in [2.45, 2.75) is 92.1 Å². The normalized spacial score (nSPS) is 17.1. The molecule has 0 bridgehead atoms. The highest BCUT2D eigenvalue weighted by Crippen LogP contribution is 2.40. The van der Waals surface area contributed by atoms with Crippen LogP contribution in [0.15, 0.2) is 42.0 Å². The predicted molar refractivity (Wildman–Crippen MR) is 168 cm³/mol. The van der Waals surface area contributed by atoms with E-state index in [1.54, 1.807) is 0 Å². The van der Waals surface area contributed by atoms with Crippen molar-refractivity contribution in [3.8, 4) is 11.5 Å². The molecule has 0 amide bonds. The van der Waals surface area contributed by atoms with E-state index in [4.69, 9.17) is 10.1 Å². The maximum Gasteiger partial charge on any atom is 0.182 e. The third-order valence-electron chi connectivity index (χ3n) is 7.04. The zero-order chi connectivity index (χ0) is 28.4. The van der Waals surface area contributed by atoms with Gasteiger partial charge in [-0.05, 0) is 72.6 Å². The fourth-order valence-electron chi connectivity index (χ4n) is 5.09. The highest BCUT2D eigenvalue weighted by atomic mass is 79.9. The van der Waals surface area contributed by atoms with Crippen molar-refractivity contribution in [3.05, 3.63) is 64.2 Å². The fraction of sp³-hybridized carbons (Fsp3) is 0.515. The van der Waals surface area contributed by atoms with Gasteiger partial charge in [-0.25, -0.2) is 0 Å². The average Bonchev–Trinajstić information content (AvgIpc) is 3.06. The lowest BCUT2D eigenvalue weighted by Gasteiger charge is -2.28. The molecule has 0 spiro atoms. The number of phenols is 1. The van der Waals surface area contributed by atoms with Gasteiger partial charge in [0.25, 0.3) is 0 Å². The maximum absolute atomic E-state index is 13.6. The van der Waals surface area contributed by atoms with Crippen molar-refractivity contribution >= 4 is 34.7 Å². The lowest BCUT2D eigenvalue weighted by molar-refractivity contribution is 0.0963. The number of phenolic OH excluding ortho intramolecular Hbond substituents is 1. The van der Waals surface area contributed by atoms with Crippen molar-refractivity contribution in [3.63, 3.8) is 0 Å². The summed E-state index contributed by atoms with van der Waals surface area (Å²) in [6, 6.07) is 11.6. The molecule has 3 rings (SSSR count). The zero-order valence-electron chi connectivity index (χ0n) is 25.1. The first kappa shape index (κ1) is 32.6. The summed E-state index contributed by atoms with van der Waals surface area (Å²) in [5, 5.41) is 20.1. The Balaban J connectivity index is 0.00000533. The van der Waals surface area contributed by atoms with Crippen molar-refractivity contribution in [1.82, 2.24) is 4.90 Å². The summed E-state index contributed by atoms with van der Waals surface area (Å²) >= 11 is 0. The van der Waals surface area contributed by atoms with Crippen LogP contribution in [0.5, 0.6) is 11.5 Å². The molecule has 39 heavy (non-hydrogen) atoms. The Kier molecular flexibility index (Phi) is 10.6. The Morgan fingerprint density at radius 3 is 2.21 bits per heavy atom. The number of carbonyl (C=O) groups is 1. The summed E-state index contributed by atoms with van der Waals surface area (Å²) < 4.78 is 5.86. The van der Waals surface area contributed by atoms with E-state index in [2.05, 4.69) is 13.0 Å². The van der Waals surface area contributed by atoms with E-state index in [1.165, 1.54) is 0 Å². The molecular weight excluding hydrogens is 552 g/mol. The maximum atomic E-state index is 13.6. The lowest BCUT2D eigenvalue weighted by Crippen LogP contribution is -2.31. The molecule has 2 aromatic carbocycles. The number of halogens is 1. The average molecular weight is 600 g/mol. The topological polar surface area (TPSA) is 73.6 Å². The fourth-order valence-corrected chi connectivity index (χ4v) is 5.09. The Morgan fingerprint density at radius 1 is 1.10 bits per heavy atom. The number of hydrogen-bond donors (Lipinski definition) is 2. The SMILES string of the molecule is Br.CCCC1CN(CC(=O)c2cc(C(C)(C)C)c(O)c(C(C)(C)C)c2)C(=N)/C1=C/c1cccc(OC(C)C)c1. The van der Waals surface area contributed by atoms with Crippen molar-refractivity contribution < 1.29 is 14.6 Å². The highest BCUT2D eigenvalue weighted by Gasteiger charge is 2.34. The molecule has 214 valence electrons. The molecule has 0 radical (unpaired) electrons. The molecule has 1 atom stereocenters. The number of benzene rings is 2. The third-order valence-corrected chi connectivity index (χ3v) is 7.04. The van der Waals surface area contributed by atoms with Crippen molar-refractivity contribution in [1.29, 1.82) is 5.41 Å². The van der Waals surface area contributed by atoms with Crippen LogP contribution < -0.4 is 4.74 Å². The molecule has 0 aliphatic carbocycles. The van der Waals surface area contributed by atoms with E-state index < -0.39 is 0 Å². The van der Waals surface area contributed by atoms with E-state index in [9.17, 15) is 9.90 Å². The quantitative estimate of drug-likeness (QED) is 0.299. The summed E-state index contributed by atoms with van der Waals surface area (Å²) in [6.07, 6.45) is 4.14. The van der Waals surface area contributed by atoms with E-state index >= 15 is 0 Å². The van der Waals surface area contributed by atoms with Crippen LogP contribution >= 0.6 is 17.0 Å². The first-order valence-electron chi connectivity index (χ1n) is 13.8. The summed E-state index contributed by atoms with van der Waals surface area (Å²) in [6.45, 7) is 19.3. The van der Waals surface area contributed by atoms with Crippen LogP contribution in [0.3, 0.4) is 0 Å². The number of aromatic hydroxyl groups is 1. The first-order valence-corrected chi connectivity index (χ1v) is 13.8. The summed E-state index contributed by atoms with van der Waals surface area (Å²) in [7, 11) is 0. The number of nitrogens with one attached hydrogen (secondary N) is 1. The highest BCUT2D eigenvalue weighted by molar-refractivity contribution is 8.93. The Hall–Kier alpha value is -2.60. The van der Waals surface area contributed by atoms with Crippen LogP contribution in [0.4, 0.5) is 0 Å². The number of nitrogens with zero attached hydrogens (tertiary/aromatic N) is 1. The zero-order valence-corrected chi connectivity index (χ0v) is 26.9. The van der Waals surface area contributed by atoms with Gasteiger partial charge < -0.3 is 14.7 Å². The van der Waals surface area contributed by atoms with Gasteiger partial charge >= 0.3 is 0 Å². The van der Waals surface area contributed by atoms with E-state index in [0.717, 1.165) is 40.9 Å². The molecule has 6 heteroatoms. The minimum absolute atomic E-state index is 0. The Labute approximate surface area is 245 Å². The molecular formula is C33H47BrN2O3. The molecule has 1 saturated heterocycles. The molecule has 0 aromatic heterocycles. The number of Topliss-reactive ketones (excluding diaryl/α,β-unsaturated/α-hetero) is 1. The first-order chi connectivity index (χ1) is 17.6. The number of amidine groups is 1. The van der Waals surface area contributed by atoms with Crippen molar-refractivity contribution in [2.75, 3.05) is 13.1 Å². The van der Waals surface area contributed by atoms with Gasteiger partial charge in [0, 0.05) is 29.2 Å².